The van der Waals surface area contributed by atoms with Crippen molar-refractivity contribution in [1.29, 1.82) is 0 Å². The van der Waals surface area contributed by atoms with Gasteiger partial charge in [0.1, 0.15) is 5.75 Å². The van der Waals surface area contributed by atoms with E-state index in [0.29, 0.717) is 19.4 Å². The Morgan fingerprint density at radius 1 is 1.16 bits per heavy atom. The minimum atomic E-state index is 0.210. The monoisotopic (exact) mass is 334 g/mol. The molecule has 1 amide bonds. The Morgan fingerprint density at radius 2 is 1.96 bits per heavy atom. The summed E-state index contributed by atoms with van der Waals surface area (Å²) < 4.78 is 5.38. The molecule has 0 unspecified atom stereocenters. The zero-order valence-electron chi connectivity index (χ0n) is 14.4. The number of carbonyl (C=O) groups is 1. The Kier molecular flexibility index (Phi) is 4.18. The van der Waals surface area contributed by atoms with Crippen molar-refractivity contribution in [3.8, 4) is 5.75 Å². The zero-order chi connectivity index (χ0) is 17.2. The fourth-order valence-corrected chi connectivity index (χ4v) is 3.69. The van der Waals surface area contributed by atoms with Gasteiger partial charge in [-0.25, -0.2) is 0 Å². The van der Waals surface area contributed by atoms with Gasteiger partial charge in [0.2, 0.25) is 5.91 Å². The van der Waals surface area contributed by atoms with Crippen LogP contribution in [0.4, 0.5) is 0 Å². The summed E-state index contributed by atoms with van der Waals surface area (Å²) in [6, 6.07) is 16.2. The number of rotatable bonds is 4. The molecule has 3 aromatic rings. The van der Waals surface area contributed by atoms with Crippen LogP contribution in [0.25, 0.3) is 10.9 Å². The third-order valence-electron chi connectivity index (χ3n) is 5.04. The molecular formula is C21H22N2O2. The number of nitrogens with one attached hydrogen (secondary N) is 1. The molecule has 1 aromatic heterocycles. The summed E-state index contributed by atoms with van der Waals surface area (Å²) in [5.74, 6) is 1.06. The lowest BCUT2D eigenvalue weighted by molar-refractivity contribution is -0.132. The molecule has 2 heterocycles. The molecule has 0 aliphatic carbocycles. The van der Waals surface area contributed by atoms with E-state index >= 15 is 0 Å². The molecule has 1 aliphatic heterocycles. The third-order valence-corrected chi connectivity index (χ3v) is 5.04. The van der Waals surface area contributed by atoms with Gasteiger partial charge in [-0.3, -0.25) is 4.79 Å². The number of ether oxygens (including phenoxy) is 1. The highest BCUT2D eigenvalue weighted by atomic mass is 16.5. The highest BCUT2D eigenvalue weighted by Gasteiger charge is 2.23. The van der Waals surface area contributed by atoms with Crippen molar-refractivity contribution in [3.05, 3.63) is 65.4 Å². The van der Waals surface area contributed by atoms with Crippen LogP contribution in [0.15, 0.2) is 48.5 Å². The van der Waals surface area contributed by atoms with Crippen molar-refractivity contribution >= 4 is 16.8 Å². The van der Waals surface area contributed by atoms with Gasteiger partial charge in [-0.1, -0.05) is 36.4 Å². The summed E-state index contributed by atoms with van der Waals surface area (Å²) >= 11 is 0. The second-order valence-corrected chi connectivity index (χ2v) is 6.50. The predicted octanol–water partition coefficient (Wildman–Crippen LogP) is 3.69. The molecule has 0 saturated carbocycles. The molecule has 4 heteroatoms. The van der Waals surface area contributed by atoms with Crippen LogP contribution in [-0.4, -0.2) is 29.4 Å². The van der Waals surface area contributed by atoms with Gasteiger partial charge in [-0.15, -0.1) is 0 Å². The lowest BCUT2D eigenvalue weighted by Crippen LogP contribution is -2.35. The Hall–Kier alpha value is -2.75. The van der Waals surface area contributed by atoms with E-state index < -0.39 is 0 Å². The molecule has 1 N–H and O–H groups in total. The van der Waals surface area contributed by atoms with E-state index in [1.807, 2.05) is 35.2 Å². The summed E-state index contributed by atoms with van der Waals surface area (Å²) in [6.45, 7) is 1.48. The number of para-hydroxylation sites is 2. The first-order valence-corrected chi connectivity index (χ1v) is 8.74. The number of amides is 1. The SMILES string of the molecule is COc1ccccc1CCC(=O)N1CCc2[nH]c3ccccc3c2C1. The van der Waals surface area contributed by atoms with Crippen LogP contribution >= 0.6 is 0 Å². The maximum atomic E-state index is 12.7. The molecule has 1 aliphatic rings. The molecule has 4 nitrogen and oxygen atoms in total. The van der Waals surface area contributed by atoms with Crippen molar-refractivity contribution in [2.75, 3.05) is 13.7 Å². The van der Waals surface area contributed by atoms with Crippen molar-refractivity contribution in [1.82, 2.24) is 9.88 Å². The van der Waals surface area contributed by atoms with Gasteiger partial charge >= 0.3 is 0 Å². The average Bonchev–Trinajstić information content (AvgIpc) is 3.04. The number of benzene rings is 2. The second-order valence-electron chi connectivity index (χ2n) is 6.50. The van der Waals surface area contributed by atoms with Gasteiger partial charge in [-0.05, 0) is 24.1 Å². The molecular weight excluding hydrogens is 312 g/mol. The van der Waals surface area contributed by atoms with E-state index in [1.165, 1.54) is 16.6 Å². The Bertz CT molecular complexity index is 913. The number of aromatic nitrogens is 1. The summed E-state index contributed by atoms with van der Waals surface area (Å²) in [4.78, 5) is 18.2. The number of H-pyrrole nitrogens is 1. The van der Waals surface area contributed by atoms with E-state index in [9.17, 15) is 4.79 Å². The smallest absolute Gasteiger partial charge is 0.223 e. The van der Waals surface area contributed by atoms with Crippen molar-refractivity contribution < 1.29 is 9.53 Å². The lowest BCUT2D eigenvalue weighted by atomic mass is 10.0. The lowest BCUT2D eigenvalue weighted by Gasteiger charge is -2.27. The molecule has 128 valence electrons. The number of methoxy groups -OCH3 is 1. The number of hydrogen-bond acceptors (Lipinski definition) is 2. The summed E-state index contributed by atoms with van der Waals surface area (Å²) in [6.07, 6.45) is 2.11. The fraction of sp³-hybridized carbons (Fsp3) is 0.286. The maximum Gasteiger partial charge on any atom is 0.223 e. The van der Waals surface area contributed by atoms with E-state index in [0.717, 1.165) is 29.8 Å². The first kappa shape index (κ1) is 15.8. The largest absolute Gasteiger partial charge is 0.496 e. The summed E-state index contributed by atoms with van der Waals surface area (Å²) in [7, 11) is 1.67. The van der Waals surface area contributed by atoms with E-state index in [1.54, 1.807) is 7.11 Å². The Morgan fingerprint density at radius 3 is 2.84 bits per heavy atom. The van der Waals surface area contributed by atoms with Gasteiger partial charge in [-0.2, -0.15) is 0 Å². The normalized spacial score (nSPS) is 13.7. The fourth-order valence-electron chi connectivity index (χ4n) is 3.69. The van der Waals surface area contributed by atoms with Crippen molar-refractivity contribution in [2.24, 2.45) is 0 Å². The molecule has 2 aromatic carbocycles. The Labute approximate surface area is 147 Å². The highest BCUT2D eigenvalue weighted by molar-refractivity contribution is 5.86. The van der Waals surface area contributed by atoms with Gasteiger partial charge in [0, 0.05) is 48.1 Å². The molecule has 4 rings (SSSR count). The third kappa shape index (κ3) is 3.00. The first-order valence-electron chi connectivity index (χ1n) is 8.74. The van der Waals surface area contributed by atoms with Crippen LogP contribution in [0.2, 0.25) is 0 Å². The molecule has 0 radical (unpaired) electrons. The van der Waals surface area contributed by atoms with E-state index in [4.69, 9.17) is 4.74 Å². The summed E-state index contributed by atoms with van der Waals surface area (Å²) in [5.41, 5.74) is 4.79. The molecule has 0 atom stereocenters. The molecule has 0 spiro atoms. The molecule has 0 saturated heterocycles. The van der Waals surface area contributed by atoms with Gasteiger partial charge in [0.25, 0.3) is 0 Å². The quantitative estimate of drug-likeness (QED) is 0.791. The summed E-state index contributed by atoms with van der Waals surface area (Å²) in [5, 5.41) is 1.24. The first-order chi connectivity index (χ1) is 12.3. The van der Waals surface area contributed by atoms with Gasteiger partial charge in [0.15, 0.2) is 0 Å². The van der Waals surface area contributed by atoms with Crippen LogP contribution in [0.5, 0.6) is 5.75 Å². The van der Waals surface area contributed by atoms with Crippen molar-refractivity contribution in [3.63, 3.8) is 0 Å². The number of hydrogen-bond donors (Lipinski definition) is 1. The average molecular weight is 334 g/mol. The van der Waals surface area contributed by atoms with Gasteiger partial charge < -0.3 is 14.6 Å². The van der Waals surface area contributed by atoms with E-state index in [-0.39, 0.29) is 5.91 Å². The molecule has 0 fully saturated rings. The van der Waals surface area contributed by atoms with Crippen LogP contribution in [0.1, 0.15) is 23.2 Å². The minimum absolute atomic E-state index is 0.210. The number of fused-ring (bicyclic) bond motifs is 3. The zero-order valence-corrected chi connectivity index (χ0v) is 14.4. The van der Waals surface area contributed by atoms with Gasteiger partial charge in [0.05, 0.1) is 7.11 Å². The van der Waals surface area contributed by atoms with Crippen LogP contribution in [-0.2, 0) is 24.2 Å². The van der Waals surface area contributed by atoms with E-state index in [2.05, 4.69) is 23.2 Å². The Balaban J connectivity index is 1.47. The number of carbonyl (C=O) groups excluding carboxylic acids is 1. The van der Waals surface area contributed by atoms with Crippen LogP contribution in [0.3, 0.4) is 0 Å². The molecule has 25 heavy (non-hydrogen) atoms. The standard InChI is InChI=1S/C21H22N2O2/c1-25-20-9-5-2-6-15(20)10-11-21(24)23-13-12-19-17(14-23)16-7-3-4-8-18(16)22-19/h2-9,22H,10-14H2,1H3. The minimum Gasteiger partial charge on any atom is -0.496 e. The van der Waals surface area contributed by atoms with Crippen molar-refractivity contribution in [2.45, 2.75) is 25.8 Å². The topological polar surface area (TPSA) is 45.3 Å². The number of aryl methyl sites for hydroxylation is 1. The maximum absolute atomic E-state index is 12.7. The van der Waals surface area contributed by atoms with Crippen LogP contribution in [0, 0.1) is 0 Å². The number of nitrogens with zero attached hydrogens (tertiary/aromatic N) is 1. The molecule has 0 bridgehead atoms. The number of aromatic amines is 1. The second kappa shape index (κ2) is 6.63. The van der Waals surface area contributed by atoms with Crippen LogP contribution < -0.4 is 4.74 Å². The highest BCUT2D eigenvalue weighted by Crippen LogP contribution is 2.28. The predicted molar refractivity (Wildman–Crippen MR) is 98.7 cm³/mol.